The maximum Gasteiger partial charge on any atom is 0.257 e. The maximum absolute atomic E-state index is 13.4. The minimum Gasteiger partial charge on any atom is -0.507 e. The predicted octanol–water partition coefficient (Wildman–Crippen LogP) is 5.42. The van der Waals surface area contributed by atoms with Gasteiger partial charge in [0.2, 0.25) is 0 Å². The second-order valence-corrected chi connectivity index (χ2v) is 8.70. The Morgan fingerprint density at radius 2 is 1.69 bits per heavy atom. The molecule has 1 aliphatic rings. The van der Waals surface area contributed by atoms with E-state index in [4.69, 9.17) is 0 Å². The summed E-state index contributed by atoms with van der Waals surface area (Å²) in [6, 6.07) is 14.8. The van der Waals surface area contributed by atoms with Gasteiger partial charge in [0, 0.05) is 53.6 Å². The number of H-pyrrole nitrogens is 1. The number of aromatic amines is 1. The van der Waals surface area contributed by atoms with Crippen molar-refractivity contribution < 1.29 is 23.5 Å². The minimum atomic E-state index is -0.868. The van der Waals surface area contributed by atoms with Crippen molar-refractivity contribution in [3.63, 3.8) is 0 Å². The molecule has 5 rings (SSSR count). The summed E-state index contributed by atoms with van der Waals surface area (Å²) in [6.45, 7) is 1.12. The van der Waals surface area contributed by atoms with E-state index in [1.165, 1.54) is 29.1 Å². The number of para-hydroxylation sites is 1. The molecule has 8 heteroatoms. The third kappa shape index (κ3) is 4.59. The van der Waals surface area contributed by atoms with Crippen molar-refractivity contribution in [2.24, 2.45) is 0 Å². The molecule has 0 aliphatic carbocycles. The highest BCUT2D eigenvalue weighted by Crippen LogP contribution is 2.34. The highest BCUT2D eigenvalue weighted by atomic mass is 19.1. The normalized spacial score (nSPS) is 14.3. The number of phenols is 1. The summed E-state index contributed by atoms with van der Waals surface area (Å²) in [5.74, 6) is -2.70. The number of carbonyl (C=O) groups is 2. The molecular weight excluding hydrogens is 452 g/mol. The van der Waals surface area contributed by atoms with Gasteiger partial charge in [-0.05, 0) is 54.7 Å². The highest BCUT2D eigenvalue weighted by molar-refractivity contribution is 6.05. The summed E-state index contributed by atoms with van der Waals surface area (Å²) >= 11 is 0. The second-order valence-electron chi connectivity index (χ2n) is 8.70. The molecule has 3 aromatic carbocycles. The number of rotatable bonds is 4. The molecule has 0 saturated carbocycles. The Morgan fingerprint density at radius 3 is 2.40 bits per heavy atom. The second kappa shape index (κ2) is 9.21. The van der Waals surface area contributed by atoms with Crippen LogP contribution in [-0.2, 0) is 0 Å². The Labute approximate surface area is 200 Å². The molecule has 1 aromatic heterocycles. The molecule has 0 radical (unpaired) electrons. The van der Waals surface area contributed by atoms with Gasteiger partial charge in [-0.3, -0.25) is 9.59 Å². The number of likely N-dealkylation sites (tertiary alicyclic amines) is 1. The molecule has 2 heterocycles. The fourth-order valence-corrected chi connectivity index (χ4v) is 4.67. The number of fused-ring (bicyclic) bond motifs is 1. The number of aromatic nitrogens is 1. The average molecular weight is 475 g/mol. The Balaban J connectivity index is 1.24. The molecule has 0 atom stereocenters. The van der Waals surface area contributed by atoms with Crippen LogP contribution in [0, 0.1) is 11.6 Å². The fourth-order valence-electron chi connectivity index (χ4n) is 4.67. The highest BCUT2D eigenvalue weighted by Gasteiger charge is 2.27. The lowest BCUT2D eigenvalue weighted by molar-refractivity contribution is 0.0710. The van der Waals surface area contributed by atoms with E-state index in [9.17, 15) is 23.5 Å². The van der Waals surface area contributed by atoms with Crippen LogP contribution in [0.25, 0.3) is 10.9 Å². The number of benzene rings is 3. The number of amides is 2. The number of hydrogen-bond acceptors (Lipinski definition) is 3. The number of aromatic hydroxyl groups is 1. The zero-order valence-electron chi connectivity index (χ0n) is 18.7. The van der Waals surface area contributed by atoms with Crippen molar-refractivity contribution in [1.82, 2.24) is 9.88 Å². The first-order valence-electron chi connectivity index (χ1n) is 11.3. The Kier molecular flexibility index (Phi) is 5.94. The van der Waals surface area contributed by atoms with Crippen LogP contribution >= 0.6 is 0 Å². The van der Waals surface area contributed by atoms with Crippen LogP contribution < -0.4 is 5.32 Å². The number of phenolic OH excluding ortho intramolecular Hbond substituents is 1. The zero-order chi connectivity index (χ0) is 24.5. The molecule has 35 heavy (non-hydrogen) atoms. The predicted molar refractivity (Wildman–Crippen MR) is 129 cm³/mol. The number of halogens is 2. The smallest absolute Gasteiger partial charge is 0.257 e. The first-order valence-corrected chi connectivity index (χ1v) is 11.3. The SMILES string of the molecule is O=C(Nc1ccc(C(=O)N2CCC(c3c[nH]c4ccccc34)CC2)c(O)c1)c1cc(F)cc(F)c1. The summed E-state index contributed by atoms with van der Waals surface area (Å²) in [5.41, 5.74) is 2.49. The molecule has 0 bridgehead atoms. The topological polar surface area (TPSA) is 85.4 Å². The van der Waals surface area contributed by atoms with E-state index in [2.05, 4.69) is 16.4 Å². The largest absolute Gasteiger partial charge is 0.507 e. The van der Waals surface area contributed by atoms with E-state index >= 15 is 0 Å². The van der Waals surface area contributed by atoms with Crippen molar-refractivity contribution >= 4 is 28.4 Å². The molecule has 3 N–H and O–H groups in total. The molecular formula is C27H23F2N3O3. The molecule has 0 spiro atoms. The number of anilines is 1. The van der Waals surface area contributed by atoms with Crippen molar-refractivity contribution in [2.75, 3.05) is 18.4 Å². The summed E-state index contributed by atoms with van der Waals surface area (Å²) in [4.78, 5) is 30.4. The van der Waals surface area contributed by atoms with E-state index in [1.54, 1.807) is 4.90 Å². The van der Waals surface area contributed by atoms with Crippen molar-refractivity contribution in [3.8, 4) is 5.75 Å². The van der Waals surface area contributed by atoms with E-state index < -0.39 is 17.5 Å². The molecule has 6 nitrogen and oxygen atoms in total. The van der Waals surface area contributed by atoms with Crippen LogP contribution in [-0.4, -0.2) is 39.9 Å². The quantitative estimate of drug-likeness (QED) is 0.368. The average Bonchev–Trinajstić information content (AvgIpc) is 3.27. The van der Waals surface area contributed by atoms with Crippen LogP contribution in [0.3, 0.4) is 0 Å². The van der Waals surface area contributed by atoms with Crippen molar-refractivity contribution in [2.45, 2.75) is 18.8 Å². The molecule has 4 aromatic rings. The van der Waals surface area contributed by atoms with Gasteiger partial charge in [0.25, 0.3) is 11.8 Å². The molecule has 1 aliphatic heterocycles. The number of carbonyl (C=O) groups excluding carboxylic acids is 2. The van der Waals surface area contributed by atoms with Crippen molar-refractivity contribution in [3.05, 3.63) is 95.2 Å². The van der Waals surface area contributed by atoms with Gasteiger partial charge < -0.3 is 20.3 Å². The number of nitrogens with zero attached hydrogens (tertiary/aromatic N) is 1. The van der Waals surface area contributed by atoms with E-state index in [1.807, 2.05) is 24.4 Å². The number of hydrogen-bond donors (Lipinski definition) is 3. The van der Waals surface area contributed by atoms with Crippen LogP contribution in [0.5, 0.6) is 5.75 Å². The first-order chi connectivity index (χ1) is 16.9. The molecule has 1 fully saturated rings. The van der Waals surface area contributed by atoms with E-state index in [-0.39, 0.29) is 28.5 Å². The molecule has 178 valence electrons. The summed E-state index contributed by atoms with van der Waals surface area (Å²) in [7, 11) is 0. The molecule has 2 amide bonds. The van der Waals surface area contributed by atoms with Crippen LogP contribution in [0.15, 0.2) is 66.9 Å². The van der Waals surface area contributed by atoms with Gasteiger partial charge in [-0.15, -0.1) is 0 Å². The van der Waals surface area contributed by atoms with E-state index in [0.717, 1.165) is 30.5 Å². The lowest BCUT2D eigenvalue weighted by Gasteiger charge is -2.32. The number of piperidine rings is 1. The minimum absolute atomic E-state index is 0.130. The first kappa shape index (κ1) is 22.6. The standard InChI is InChI=1S/C27H23F2N3O3/c28-18-11-17(12-19(29)13-18)26(34)31-20-5-6-22(25(33)14-20)27(35)32-9-7-16(8-10-32)23-15-30-24-4-2-1-3-21(23)24/h1-6,11-16,30,33H,7-10H2,(H,31,34). The van der Waals surface area contributed by atoms with Gasteiger partial charge in [-0.1, -0.05) is 18.2 Å². The Hall–Kier alpha value is -4.20. The summed E-state index contributed by atoms with van der Waals surface area (Å²) in [5, 5.41) is 14.1. The summed E-state index contributed by atoms with van der Waals surface area (Å²) in [6.07, 6.45) is 3.67. The zero-order valence-corrected chi connectivity index (χ0v) is 18.7. The van der Waals surface area contributed by atoms with E-state index in [0.29, 0.717) is 25.1 Å². The lowest BCUT2D eigenvalue weighted by Crippen LogP contribution is -2.37. The van der Waals surface area contributed by atoms with Gasteiger partial charge in [0.1, 0.15) is 17.4 Å². The third-order valence-electron chi connectivity index (χ3n) is 6.45. The lowest BCUT2D eigenvalue weighted by atomic mass is 9.89. The van der Waals surface area contributed by atoms with Crippen LogP contribution in [0.4, 0.5) is 14.5 Å². The van der Waals surface area contributed by atoms with Gasteiger partial charge in [0.15, 0.2) is 0 Å². The van der Waals surface area contributed by atoms with Crippen LogP contribution in [0.1, 0.15) is 45.0 Å². The summed E-state index contributed by atoms with van der Waals surface area (Å²) < 4.78 is 26.8. The molecule has 1 saturated heterocycles. The molecule has 0 unspecified atom stereocenters. The maximum atomic E-state index is 13.4. The Morgan fingerprint density at radius 1 is 0.971 bits per heavy atom. The van der Waals surface area contributed by atoms with Gasteiger partial charge in [-0.25, -0.2) is 8.78 Å². The van der Waals surface area contributed by atoms with Gasteiger partial charge in [-0.2, -0.15) is 0 Å². The van der Waals surface area contributed by atoms with Crippen LogP contribution in [0.2, 0.25) is 0 Å². The van der Waals surface area contributed by atoms with Crippen molar-refractivity contribution in [1.29, 1.82) is 0 Å². The number of nitrogens with one attached hydrogen (secondary N) is 2. The third-order valence-corrected chi connectivity index (χ3v) is 6.45. The van der Waals surface area contributed by atoms with Gasteiger partial charge >= 0.3 is 0 Å². The monoisotopic (exact) mass is 475 g/mol. The van der Waals surface area contributed by atoms with Gasteiger partial charge in [0.05, 0.1) is 5.56 Å². The fraction of sp³-hybridized carbons (Fsp3) is 0.185. The Bertz CT molecular complexity index is 1400.